The molecular formula is C21H29N3O. The predicted molar refractivity (Wildman–Crippen MR) is 103 cm³/mol. The zero-order valence-electron chi connectivity index (χ0n) is 15.6. The summed E-state index contributed by atoms with van der Waals surface area (Å²) in [5, 5.41) is 10.9. The molecule has 4 nitrogen and oxygen atoms in total. The Labute approximate surface area is 150 Å². The summed E-state index contributed by atoms with van der Waals surface area (Å²) < 4.78 is 0. The van der Waals surface area contributed by atoms with E-state index in [-0.39, 0.29) is 11.8 Å². The van der Waals surface area contributed by atoms with Gasteiger partial charge in [-0.1, -0.05) is 56.4 Å². The average Bonchev–Trinajstić information content (AvgIpc) is 2.98. The van der Waals surface area contributed by atoms with Gasteiger partial charge in [-0.3, -0.25) is 9.89 Å². The molecule has 1 heterocycles. The van der Waals surface area contributed by atoms with E-state index < -0.39 is 0 Å². The number of H-pyrrole nitrogens is 1. The highest BCUT2D eigenvalue weighted by Crippen LogP contribution is 2.33. The summed E-state index contributed by atoms with van der Waals surface area (Å²) >= 11 is 0. The number of anilines is 1. The summed E-state index contributed by atoms with van der Waals surface area (Å²) in [4.78, 5) is 12.8. The minimum Gasteiger partial charge on any atom is -0.322 e. The van der Waals surface area contributed by atoms with Crippen molar-refractivity contribution in [2.45, 2.75) is 65.7 Å². The van der Waals surface area contributed by atoms with Crippen molar-refractivity contribution in [1.29, 1.82) is 0 Å². The highest BCUT2D eigenvalue weighted by molar-refractivity contribution is 5.97. The number of nitrogens with one attached hydrogen (secondary N) is 2. The molecule has 4 heteroatoms. The SMILES string of the molecule is CCCc1[nH]nc(-c2ccc(C)cc2C)c1NC(=O)C1CCCCC1. The second-order valence-corrected chi connectivity index (χ2v) is 7.32. The van der Waals surface area contributed by atoms with Crippen LogP contribution in [0, 0.1) is 19.8 Å². The van der Waals surface area contributed by atoms with Crippen LogP contribution in [-0.4, -0.2) is 16.1 Å². The van der Waals surface area contributed by atoms with Gasteiger partial charge in [0.25, 0.3) is 0 Å². The Morgan fingerprint density at radius 3 is 2.68 bits per heavy atom. The normalized spacial score (nSPS) is 15.3. The second-order valence-electron chi connectivity index (χ2n) is 7.32. The molecule has 0 bridgehead atoms. The van der Waals surface area contributed by atoms with Gasteiger partial charge in [-0.25, -0.2) is 0 Å². The van der Waals surface area contributed by atoms with Crippen molar-refractivity contribution in [3.8, 4) is 11.3 Å². The van der Waals surface area contributed by atoms with Crippen molar-refractivity contribution in [3.05, 3.63) is 35.0 Å². The summed E-state index contributed by atoms with van der Waals surface area (Å²) in [6, 6.07) is 6.37. The highest BCUT2D eigenvalue weighted by Gasteiger charge is 2.24. The molecule has 1 aliphatic carbocycles. The minimum atomic E-state index is 0.144. The van der Waals surface area contributed by atoms with E-state index in [4.69, 9.17) is 0 Å². The van der Waals surface area contributed by atoms with Crippen molar-refractivity contribution < 1.29 is 4.79 Å². The first-order chi connectivity index (χ1) is 12.1. The van der Waals surface area contributed by atoms with Gasteiger partial charge in [0, 0.05) is 11.5 Å². The van der Waals surface area contributed by atoms with Crippen LogP contribution in [0.1, 0.15) is 62.3 Å². The molecule has 0 saturated heterocycles. The largest absolute Gasteiger partial charge is 0.322 e. The molecule has 2 N–H and O–H groups in total. The molecule has 1 aromatic heterocycles. The number of nitrogens with zero attached hydrogens (tertiary/aromatic N) is 1. The van der Waals surface area contributed by atoms with E-state index in [1.54, 1.807) is 0 Å². The standard InChI is InChI=1S/C21H29N3O/c1-4-8-18-20(22-21(25)16-9-6-5-7-10-16)19(24-23-18)17-12-11-14(2)13-15(17)3/h11-13,16H,4-10H2,1-3H3,(H,22,25)(H,23,24). The number of hydrogen-bond donors (Lipinski definition) is 2. The summed E-state index contributed by atoms with van der Waals surface area (Å²) in [7, 11) is 0. The number of rotatable bonds is 5. The van der Waals surface area contributed by atoms with Crippen LogP contribution in [0.15, 0.2) is 18.2 Å². The molecular weight excluding hydrogens is 310 g/mol. The fourth-order valence-electron chi connectivity index (χ4n) is 3.81. The van der Waals surface area contributed by atoms with E-state index in [1.165, 1.54) is 17.5 Å². The summed E-state index contributed by atoms with van der Waals surface area (Å²) in [6.45, 7) is 6.34. The third-order valence-corrected chi connectivity index (χ3v) is 5.20. The van der Waals surface area contributed by atoms with E-state index in [0.29, 0.717) is 0 Å². The third kappa shape index (κ3) is 3.94. The van der Waals surface area contributed by atoms with Crippen molar-refractivity contribution in [1.82, 2.24) is 10.2 Å². The van der Waals surface area contributed by atoms with Crippen LogP contribution in [0.5, 0.6) is 0 Å². The van der Waals surface area contributed by atoms with Crippen LogP contribution >= 0.6 is 0 Å². The van der Waals surface area contributed by atoms with Crippen LogP contribution in [0.2, 0.25) is 0 Å². The smallest absolute Gasteiger partial charge is 0.227 e. The van der Waals surface area contributed by atoms with Gasteiger partial charge in [0.2, 0.25) is 5.91 Å². The second kappa shape index (κ2) is 7.85. The Morgan fingerprint density at radius 1 is 1.24 bits per heavy atom. The lowest BCUT2D eigenvalue weighted by Crippen LogP contribution is -2.25. The Balaban J connectivity index is 1.92. The summed E-state index contributed by atoms with van der Waals surface area (Å²) in [5.41, 5.74) is 6.28. The molecule has 134 valence electrons. The van der Waals surface area contributed by atoms with Gasteiger partial charge < -0.3 is 5.32 Å². The highest BCUT2D eigenvalue weighted by atomic mass is 16.1. The molecule has 0 aliphatic heterocycles. The molecule has 25 heavy (non-hydrogen) atoms. The first kappa shape index (κ1) is 17.7. The Bertz CT molecular complexity index is 742. The third-order valence-electron chi connectivity index (χ3n) is 5.20. The number of amides is 1. The van der Waals surface area contributed by atoms with Gasteiger partial charge in [-0.05, 0) is 38.7 Å². The fraction of sp³-hybridized carbons (Fsp3) is 0.524. The van der Waals surface area contributed by atoms with Gasteiger partial charge in [-0.15, -0.1) is 0 Å². The Morgan fingerprint density at radius 2 is 2.00 bits per heavy atom. The number of hydrogen-bond acceptors (Lipinski definition) is 2. The molecule has 0 unspecified atom stereocenters. The lowest BCUT2D eigenvalue weighted by molar-refractivity contribution is -0.120. The number of aryl methyl sites for hydroxylation is 3. The lowest BCUT2D eigenvalue weighted by Gasteiger charge is -2.21. The van der Waals surface area contributed by atoms with Crippen molar-refractivity contribution in [3.63, 3.8) is 0 Å². The molecule has 0 atom stereocenters. The molecule has 1 aliphatic rings. The van der Waals surface area contributed by atoms with Crippen LogP contribution < -0.4 is 5.32 Å². The van der Waals surface area contributed by atoms with Crippen molar-refractivity contribution in [2.75, 3.05) is 5.32 Å². The Kier molecular flexibility index (Phi) is 5.57. The first-order valence-corrected chi connectivity index (χ1v) is 9.56. The molecule has 0 spiro atoms. The quantitative estimate of drug-likeness (QED) is 0.790. The topological polar surface area (TPSA) is 57.8 Å². The van der Waals surface area contributed by atoms with Gasteiger partial charge >= 0.3 is 0 Å². The van der Waals surface area contributed by atoms with Crippen LogP contribution in [-0.2, 0) is 11.2 Å². The predicted octanol–water partition coefficient (Wildman–Crippen LogP) is 5.16. The van der Waals surface area contributed by atoms with Gasteiger partial charge in [-0.2, -0.15) is 5.10 Å². The monoisotopic (exact) mass is 339 g/mol. The van der Waals surface area contributed by atoms with E-state index in [2.05, 4.69) is 54.5 Å². The fourth-order valence-corrected chi connectivity index (χ4v) is 3.81. The lowest BCUT2D eigenvalue weighted by atomic mass is 9.88. The van der Waals surface area contributed by atoms with E-state index >= 15 is 0 Å². The molecule has 0 radical (unpaired) electrons. The summed E-state index contributed by atoms with van der Waals surface area (Å²) in [5.74, 6) is 0.301. The number of aromatic nitrogens is 2. The number of aromatic amines is 1. The van der Waals surface area contributed by atoms with Crippen LogP contribution in [0.25, 0.3) is 11.3 Å². The van der Waals surface area contributed by atoms with E-state index in [0.717, 1.165) is 61.2 Å². The maximum Gasteiger partial charge on any atom is 0.227 e. The van der Waals surface area contributed by atoms with Gasteiger partial charge in [0.05, 0.1) is 11.4 Å². The van der Waals surface area contributed by atoms with Crippen LogP contribution in [0.3, 0.4) is 0 Å². The average molecular weight is 339 g/mol. The number of benzene rings is 1. The zero-order valence-corrected chi connectivity index (χ0v) is 15.6. The molecule has 1 amide bonds. The zero-order chi connectivity index (χ0) is 17.8. The van der Waals surface area contributed by atoms with Crippen LogP contribution in [0.4, 0.5) is 5.69 Å². The maximum atomic E-state index is 12.8. The molecule has 1 aromatic carbocycles. The van der Waals surface area contributed by atoms with E-state index in [1.807, 2.05) is 0 Å². The first-order valence-electron chi connectivity index (χ1n) is 9.56. The van der Waals surface area contributed by atoms with Crippen molar-refractivity contribution >= 4 is 11.6 Å². The summed E-state index contributed by atoms with van der Waals surface area (Å²) in [6.07, 6.45) is 7.49. The van der Waals surface area contributed by atoms with Gasteiger partial charge in [0.15, 0.2) is 0 Å². The number of carbonyl (C=O) groups is 1. The molecule has 1 fully saturated rings. The minimum absolute atomic E-state index is 0.144. The molecule has 1 saturated carbocycles. The van der Waals surface area contributed by atoms with E-state index in [9.17, 15) is 4.79 Å². The van der Waals surface area contributed by atoms with Crippen molar-refractivity contribution in [2.24, 2.45) is 5.92 Å². The van der Waals surface area contributed by atoms with Gasteiger partial charge in [0.1, 0.15) is 5.69 Å². The molecule has 2 aromatic rings. The Hall–Kier alpha value is -2.10. The maximum absolute atomic E-state index is 12.8. The number of carbonyl (C=O) groups excluding carboxylic acids is 1. The molecule has 3 rings (SSSR count).